The van der Waals surface area contributed by atoms with Gasteiger partial charge in [-0.1, -0.05) is 6.07 Å². The van der Waals surface area contributed by atoms with Gasteiger partial charge in [-0.25, -0.2) is 9.78 Å². The number of carbonyl (C=O) groups excluding carboxylic acids is 3. The summed E-state index contributed by atoms with van der Waals surface area (Å²) in [6, 6.07) is 5.48. The Kier molecular flexibility index (Phi) is 6.66. The van der Waals surface area contributed by atoms with Gasteiger partial charge >= 0.3 is 12.1 Å². The van der Waals surface area contributed by atoms with Crippen molar-refractivity contribution in [2.24, 2.45) is 23.2 Å². The van der Waals surface area contributed by atoms with Crippen LogP contribution in [0.15, 0.2) is 24.4 Å². The van der Waals surface area contributed by atoms with E-state index >= 15 is 0 Å². The van der Waals surface area contributed by atoms with Crippen LogP contribution in [0.25, 0.3) is 5.65 Å². The number of amides is 2. The van der Waals surface area contributed by atoms with Gasteiger partial charge in [0, 0.05) is 33.1 Å². The average molecular weight is 497 g/mol. The summed E-state index contributed by atoms with van der Waals surface area (Å²) in [5.41, 5.74) is 2.08. The SMILES string of the molecule is CCN(Cc1cn2c(C(=O)NCC34CC5CC(CC(C5)C3)C4)cccc2n1)C(=O)OC(C)OC(C)=O. The summed E-state index contributed by atoms with van der Waals surface area (Å²) >= 11 is 0. The van der Waals surface area contributed by atoms with Crippen LogP contribution in [0.2, 0.25) is 0 Å². The Morgan fingerprint density at radius 3 is 2.42 bits per heavy atom. The molecule has 1 unspecified atom stereocenters. The highest BCUT2D eigenvalue weighted by molar-refractivity contribution is 5.93. The van der Waals surface area contributed by atoms with E-state index in [0.29, 0.717) is 23.6 Å². The van der Waals surface area contributed by atoms with Gasteiger partial charge in [0.2, 0.25) is 6.29 Å². The van der Waals surface area contributed by atoms with E-state index in [9.17, 15) is 14.4 Å². The van der Waals surface area contributed by atoms with E-state index in [-0.39, 0.29) is 17.9 Å². The highest BCUT2D eigenvalue weighted by Crippen LogP contribution is 2.59. The molecule has 4 aliphatic rings. The Morgan fingerprint density at radius 2 is 1.81 bits per heavy atom. The van der Waals surface area contributed by atoms with Crippen LogP contribution in [-0.2, 0) is 20.8 Å². The smallest absolute Gasteiger partial charge is 0.413 e. The van der Waals surface area contributed by atoms with Gasteiger partial charge in [-0.2, -0.15) is 0 Å². The summed E-state index contributed by atoms with van der Waals surface area (Å²) in [7, 11) is 0. The van der Waals surface area contributed by atoms with E-state index in [2.05, 4.69) is 10.3 Å². The molecule has 0 aromatic carbocycles. The monoisotopic (exact) mass is 496 g/mol. The molecule has 0 saturated heterocycles. The quantitative estimate of drug-likeness (QED) is 0.435. The molecule has 9 heteroatoms. The Morgan fingerprint density at radius 1 is 1.14 bits per heavy atom. The lowest BCUT2D eigenvalue weighted by molar-refractivity contribution is -0.163. The minimum Gasteiger partial charge on any atom is -0.426 e. The first-order chi connectivity index (χ1) is 17.2. The highest BCUT2D eigenvalue weighted by Gasteiger charge is 2.50. The first-order valence-corrected chi connectivity index (χ1v) is 13.1. The Labute approximate surface area is 211 Å². The number of hydrogen-bond acceptors (Lipinski definition) is 6. The van der Waals surface area contributed by atoms with E-state index in [0.717, 1.165) is 24.3 Å². The molecular weight excluding hydrogens is 460 g/mol. The Balaban J connectivity index is 1.25. The van der Waals surface area contributed by atoms with Crippen molar-refractivity contribution < 1.29 is 23.9 Å². The van der Waals surface area contributed by atoms with Crippen LogP contribution in [0.5, 0.6) is 0 Å². The molecule has 0 aliphatic heterocycles. The Bertz CT molecular complexity index is 1120. The number of nitrogens with zero attached hydrogens (tertiary/aromatic N) is 3. The van der Waals surface area contributed by atoms with Gasteiger partial charge in [0.05, 0.1) is 12.2 Å². The van der Waals surface area contributed by atoms with Crippen molar-refractivity contribution in [3.8, 4) is 0 Å². The molecule has 1 atom stereocenters. The van der Waals surface area contributed by atoms with Gasteiger partial charge in [0.1, 0.15) is 11.3 Å². The number of ether oxygens (including phenoxy) is 2. The van der Waals surface area contributed by atoms with Crippen molar-refractivity contribution in [3.05, 3.63) is 35.8 Å². The van der Waals surface area contributed by atoms with E-state index in [1.54, 1.807) is 16.7 Å². The third-order valence-electron chi connectivity index (χ3n) is 8.16. The fourth-order valence-electron chi connectivity index (χ4n) is 7.16. The molecule has 2 amide bonds. The zero-order valence-electron chi connectivity index (χ0n) is 21.4. The molecule has 1 N–H and O–H groups in total. The second-order valence-electron chi connectivity index (χ2n) is 11.0. The van der Waals surface area contributed by atoms with E-state index < -0.39 is 18.4 Å². The van der Waals surface area contributed by atoms with Crippen LogP contribution in [0.3, 0.4) is 0 Å². The summed E-state index contributed by atoms with van der Waals surface area (Å²) in [5.74, 6) is 1.92. The molecule has 0 spiro atoms. The zero-order valence-corrected chi connectivity index (χ0v) is 21.4. The standard InChI is InChI=1S/C27H36N4O5/c1-4-30(26(34)36-18(3)35-17(2)32)14-22-15-31-23(6-5-7-24(31)29-22)25(33)28-16-27-11-19-8-20(12-27)10-21(9-19)13-27/h5-7,15,18-21H,4,8-14,16H2,1-3H3,(H,28,33). The van der Waals surface area contributed by atoms with Crippen LogP contribution >= 0.6 is 0 Å². The minimum atomic E-state index is -0.977. The van der Waals surface area contributed by atoms with Crippen molar-refractivity contribution in [2.75, 3.05) is 13.1 Å². The topological polar surface area (TPSA) is 102 Å². The average Bonchev–Trinajstić information content (AvgIpc) is 3.22. The van der Waals surface area contributed by atoms with Crippen molar-refractivity contribution in [1.29, 1.82) is 0 Å². The van der Waals surface area contributed by atoms with Crippen LogP contribution in [0.1, 0.15) is 75.5 Å². The van der Waals surface area contributed by atoms with Crippen molar-refractivity contribution in [2.45, 2.75) is 72.1 Å². The van der Waals surface area contributed by atoms with E-state index in [1.165, 1.54) is 57.3 Å². The molecule has 2 heterocycles. The fourth-order valence-corrected chi connectivity index (χ4v) is 7.16. The van der Waals surface area contributed by atoms with Gasteiger partial charge in [0.15, 0.2) is 0 Å². The second kappa shape index (κ2) is 9.75. The summed E-state index contributed by atoms with van der Waals surface area (Å²) in [5, 5.41) is 3.25. The number of carbonyl (C=O) groups is 3. The van der Waals surface area contributed by atoms with Crippen LogP contribution in [-0.4, -0.2) is 51.6 Å². The van der Waals surface area contributed by atoms with Gasteiger partial charge in [-0.3, -0.25) is 14.0 Å². The lowest BCUT2D eigenvalue weighted by atomic mass is 9.49. The number of imidazole rings is 1. The maximum atomic E-state index is 13.3. The molecule has 6 rings (SSSR count). The largest absolute Gasteiger partial charge is 0.426 e. The molecule has 4 bridgehead atoms. The maximum Gasteiger partial charge on any atom is 0.413 e. The van der Waals surface area contributed by atoms with Crippen molar-refractivity contribution >= 4 is 23.6 Å². The molecule has 194 valence electrons. The first kappa shape index (κ1) is 24.6. The van der Waals surface area contributed by atoms with E-state index in [4.69, 9.17) is 9.47 Å². The molecule has 2 aromatic heterocycles. The Hall–Kier alpha value is -3.10. The fraction of sp³-hybridized carbons (Fsp3) is 0.630. The number of aromatic nitrogens is 2. The third-order valence-corrected chi connectivity index (χ3v) is 8.16. The van der Waals surface area contributed by atoms with Crippen LogP contribution in [0.4, 0.5) is 4.79 Å². The molecule has 4 saturated carbocycles. The van der Waals surface area contributed by atoms with Gasteiger partial charge in [-0.05, 0) is 80.8 Å². The molecule has 4 fully saturated rings. The third kappa shape index (κ3) is 5.06. The normalized spacial score (nSPS) is 27.0. The summed E-state index contributed by atoms with van der Waals surface area (Å²) in [4.78, 5) is 43.0. The minimum absolute atomic E-state index is 0.0951. The lowest BCUT2D eigenvalue weighted by Gasteiger charge is -2.56. The number of fused-ring (bicyclic) bond motifs is 1. The lowest BCUT2D eigenvalue weighted by Crippen LogP contribution is -2.51. The zero-order chi connectivity index (χ0) is 25.4. The van der Waals surface area contributed by atoms with Gasteiger partial charge < -0.3 is 19.7 Å². The van der Waals surface area contributed by atoms with Crippen LogP contribution < -0.4 is 5.32 Å². The molecular formula is C27H36N4O5. The summed E-state index contributed by atoms with van der Waals surface area (Å²) in [6.07, 6.45) is 8.11. The number of nitrogens with one attached hydrogen (secondary N) is 1. The predicted octanol–water partition coefficient (Wildman–Crippen LogP) is 4.15. The maximum absolute atomic E-state index is 13.3. The molecule has 2 aromatic rings. The van der Waals surface area contributed by atoms with Crippen molar-refractivity contribution in [3.63, 3.8) is 0 Å². The molecule has 0 radical (unpaired) electrons. The molecule has 36 heavy (non-hydrogen) atoms. The number of pyridine rings is 1. The number of esters is 1. The summed E-state index contributed by atoms with van der Waals surface area (Å²) < 4.78 is 11.9. The molecule has 9 nitrogen and oxygen atoms in total. The molecule has 4 aliphatic carbocycles. The number of hydrogen-bond donors (Lipinski definition) is 1. The van der Waals surface area contributed by atoms with Crippen LogP contribution in [0, 0.1) is 23.2 Å². The summed E-state index contributed by atoms with van der Waals surface area (Å²) in [6.45, 7) is 5.91. The number of rotatable bonds is 8. The van der Waals surface area contributed by atoms with Crippen molar-refractivity contribution in [1.82, 2.24) is 19.6 Å². The first-order valence-electron chi connectivity index (χ1n) is 13.1. The second-order valence-corrected chi connectivity index (χ2v) is 11.0. The van der Waals surface area contributed by atoms with Gasteiger partial charge in [-0.15, -0.1) is 0 Å². The predicted molar refractivity (Wildman–Crippen MR) is 132 cm³/mol. The van der Waals surface area contributed by atoms with Gasteiger partial charge in [0.25, 0.3) is 5.91 Å². The van der Waals surface area contributed by atoms with E-state index in [1.807, 2.05) is 19.1 Å². The highest BCUT2D eigenvalue weighted by atomic mass is 16.7.